The van der Waals surface area contributed by atoms with Crippen LogP contribution >= 0.6 is 11.3 Å². The summed E-state index contributed by atoms with van der Waals surface area (Å²) in [6.45, 7) is 2.64. The van der Waals surface area contributed by atoms with Crippen molar-refractivity contribution in [3.8, 4) is 11.5 Å². The van der Waals surface area contributed by atoms with Crippen molar-refractivity contribution < 1.29 is 22.6 Å². The molecule has 0 saturated heterocycles. The summed E-state index contributed by atoms with van der Waals surface area (Å²) in [6, 6.07) is 5.57. The second-order valence-corrected chi connectivity index (χ2v) is 4.88. The Balaban J connectivity index is 2.02. The molecule has 0 atom stereocenters. The van der Waals surface area contributed by atoms with Gasteiger partial charge in [-0.2, -0.15) is 0 Å². The zero-order valence-electron chi connectivity index (χ0n) is 11.0. The molecule has 0 unspecified atom stereocenters. The van der Waals surface area contributed by atoms with Gasteiger partial charge >= 0.3 is 6.36 Å². The predicted molar refractivity (Wildman–Crippen MR) is 71.5 cm³/mol. The van der Waals surface area contributed by atoms with Crippen LogP contribution in [0.2, 0.25) is 0 Å². The molecular formula is C12H12F3N3O2S. The third-order valence-corrected chi connectivity index (χ3v) is 3.08. The normalized spacial score (nSPS) is 11.2. The van der Waals surface area contributed by atoms with Crippen molar-refractivity contribution in [3.63, 3.8) is 0 Å². The number of benzene rings is 1. The van der Waals surface area contributed by atoms with Gasteiger partial charge in [-0.1, -0.05) is 23.5 Å². The van der Waals surface area contributed by atoms with Crippen molar-refractivity contribution in [2.24, 2.45) is 0 Å². The summed E-state index contributed by atoms with van der Waals surface area (Å²) < 4.78 is 46.0. The number of nitrogens with one attached hydrogen (secondary N) is 1. The lowest BCUT2D eigenvalue weighted by atomic mass is 10.3. The minimum absolute atomic E-state index is 0.00461. The van der Waals surface area contributed by atoms with E-state index in [-0.39, 0.29) is 18.1 Å². The SMILES string of the molecule is CCNc1nnc(COc2ccccc2OC(F)(F)F)s1. The molecule has 21 heavy (non-hydrogen) atoms. The molecule has 0 radical (unpaired) electrons. The van der Waals surface area contributed by atoms with E-state index in [9.17, 15) is 13.2 Å². The molecule has 0 fully saturated rings. The van der Waals surface area contributed by atoms with E-state index in [1.165, 1.54) is 29.5 Å². The Morgan fingerprint density at radius 2 is 1.90 bits per heavy atom. The molecule has 1 aromatic carbocycles. The Labute approximate surface area is 122 Å². The van der Waals surface area contributed by atoms with Gasteiger partial charge in [-0.3, -0.25) is 0 Å². The molecule has 1 N–H and O–H groups in total. The lowest BCUT2D eigenvalue weighted by molar-refractivity contribution is -0.275. The summed E-state index contributed by atoms with van der Waals surface area (Å²) >= 11 is 1.27. The average Bonchev–Trinajstić information content (AvgIpc) is 2.84. The van der Waals surface area contributed by atoms with Gasteiger partial charge in [-0.25, -0.2) is 0 Å². The molecule has 1 aromatic heterocycles. The smallest absolute Gasteiger partial charge is 0.482 e. The minimum Gasteiger partial charge on any atom is -0.482 e. The molecule has 9 heteroatoms. The van der Waals surface area contributed by atoms with Gasteiger partial charge in [0.1, 0.15) is 6.61 Å². The van der Waals surface area contributed by atoms with E-state index < -0.39 is 6.36 Å². The van der Waals surface area contributed by atoms with Crippen LogP contribution in [0.15, 0.2) is 24.3 Å². The van der Waals surface area contributed by atoms with Crippen LogP contribution in [0, 0.1) is 0 Å². The number of para-hydroxylation sites is 2. The molecule has 114 valence electrons. The number of hydrogen-bond donors (Lipinski definition) is 1. The molecule has 0 aliphatic heterocycles. The van der Waals surface area contributed by atoms with E-state index in [1.807, 2.05) is 6.92 Å². The van der Waals surface area contributed by atoms with Crippen LogP contribution in [0.5, 0.6) is 11.5 Å². The lowest BCUT2D eigenvalue weighted by Crippen LogP contribution is -2.17. The van der Waals surface area contributed by atoms with Crippen molar-refractivity contribution in [3.05, 3.63) is 29.3 Å². The van der Waals surface area contributed by atoms with Crippen LogP contribution in [0.1, 0.15) is 11.9 Å². The number of aromatic nitrogens is 2. The molecule has 1 heterocycles. The minimum atomic E-state index is -4.76. The van der Waals surface area contributed by atoms with Crippen LogP contribution in [0.25, 0.3) is 0 Å². The maximum absolute atomic E-state index is 12.3. The molecule has 2 aromatic rings. The van der Waals surface area contributed by atoms with E-state index in [2.05, 4.69) is 20.3 Å². The molecule has 0 aliphatic rings. The highest BCUT2D eigenvalue weighted by Crippen LogP contribution is 2.32. The Morgan fingerprint density at radius 3 is 2.57 bits per heavy atom. The summed E-state index contributed by atoms with van der Waals surface area (Å²) in [5.74, 6) is -0.392. The van der Waals surface area contributed by atoms with E-state index in [0.29, 0.717) is 16.7 Å². The Kier molecular flexibility index (Phi) is 4.84. The van der Waals surface area contributed by atoms with Crippen LogP contribution < -0.4 is 14.8 Å². The van der Waals surface area contributed by atoms with Gasteiger partial charge in [0.05, 0.1) is 0 Å². The van der Waals surface area contributed by atoms with Crippen LogP contribution in [-0.4, -0.2) is 23.1 Å². The number of alkyl halides is 3. The first-order valence-corrected chi connectivity index (χ1v) is 6.83. The molecule has 0 aliphatic carbocycles. The first-order chi connectivity index (χ1) is 9.98. The standard InChI is InChI=1S/C12H12F3N3O2S/c1-2-16-11-18-17-10(21-11)7-19-8-5-3-4-6-9(8)20-12(13,14)15/h3-6H,2,7H2,1H3,(H,16,18). The predicted octanol–water partition coefficient (Wildman–Crippen LogP) is 3.45. The van der Waals surface area contributed by atoms with Crippen molar-refractivity contribution in [2.75, 3.05) is 11.9 Å². The largest absolute Gasteiger partial charge is 0.573 e. The highest BCUT2D eigenvalue weighted by Gasteiger charge is 2.32. The first kappa shape index (κ1) is 15.4. The topological polar surface area (TPSA) is 56.3 Å². The highest BCUT2D eigenvalue weighted by atomic mass is 32.1. The zero-order chi connectivity index (χ0) is 15.3. The third kappa shape index (κ3) is 4.78. The van der Waals surface area contributed by atoms with Crippen LogP contribution in [-0.2, 0) is 6.61 Å². The fourth-order valence-electron chi connectivity index (χ4n) is 1.45. The molecule has 0 saturated carbocycles. The molecule has 5 nitrogen and oxygen atoms in total. The second kappa shape index (κ2) is 6.61. The van der Waals surface area contributed by atoms with E-state index >= 15 is 0 Å². The summed E-state index contributed by atoms with van der Waals surface area (Å²) in [4.78, 5) is 0. The number of ether oxygens (including phenoxy) is 2. The van der Waals surface area contributed by atoms with Crippen LogP contribution in [0.3, 0.4) is 0 Å². The quantitative estimate of drug-likeness (QED) is 0.884. The zero-order valence-corrected chi connectivity index (χ0v) is 11.8. The number of anilines is 1. The van der Waals surface area contributed by atoms with Crippen molar-refractivity contribution >= 4 is 16.5 Å². The van der Waals surface area contributed by atoms with Gasteiger partial charge in [-0.15, -0.1) is 23.4 Å². The molecule has 0 spiro atoms. The second-order valence-electron chi connectivity index (χ2n) is 3.81. The lowest BCUT2D eigenvalue weighted by Gasteiger charge is -2.13. The molecule has 2 rings (SSSR count). The average molecular weight is 319 g/mol. The van der Waals surface area contributed by atoms with Crippen molar-refractivity contribution in [2.45, 2.75) is 19.9 Å². The number of halogens is 3. The van der Waals surface area contributed by atoms with Crippen molar-refractivity contribution in [1.82, 2.24) is 10.2 Å². The fraction of sp³-hybridized carbons (Fsp3) is 0.333. The van der Waals surface area contributed by atoms with Gasteiger partial charge in [0.2, 0.25) is 5.13 Å². The summed E-state index contributed by atoms with van der Waals surface area (Å²) in [5, 5.41) is 11.9. The number of rotatable bonds is 6. The van der Waals surface area contributed by atoms with E-state index in [1.54, 1.807) is 6.07 Å². The Morgan fingerprint density at radius 1 is 1.19 bits per heavy atom. The molecular weight excluding hydrogens is 307 g/mol. The third-order valence-electron chi connectivity index (χ3n) is 2.22. The number of hydrogen-bond acceptors (Lipinski definition) is 6. The van der Waals surface area contributed by atoms with Crippen LogP contribution in [0.4, 0.5) is 18.3 Å². The molecule has 0 bridgehead atoms. The van der Waals surface area contributed by atoms with Gasteiger partial charge in [0.25, 0.3) is 0 Å². The maximum atomic E-state index is 12.3. The summed E-state index contributed by atoms with van der Waals surface area (Å²) in [7, 11) is 0. The Hall–Kier alpha value is -2.03. The van der Waals surface area contributed by atoms with E-state index in [0.717, 1.165) is 0 Å². The van der Waals surface area contributed by atoms with Crippen molar-refractivity contribution in [1.29, 1.82) is 0 Å². The van der Waals surface area contributed by atoms with Gasteiger partial charge in [0.15, 0.2) is 16.5 Å². The monoisotopic (exact) mass is 319 g/mol. The summed E-state index contributed by atoms with van der Waals surface area (Å²) in [5.41, 5.74) is 0. The highest BCUT2D eigenvalue weighted by molar-refractivity contribution is 7.15. The van der Waals surface area contributed by atoms with Gasteiger partial charge in [-0.05, 0) is 19.1 Å². The Bertz CT molecular complexity index is 589. The van der Waals surface area contributed by atoms with Gasteiger partial charge < -0.3 is 14.8 Å². The fourth-order valence-corrected chi connectivity index (χ4v) is 2.17. The molecule has 0 amide bonds. The first-order valence-electron chi connectivity index (χ1n) is 6.02. The summed E-state index contributed by atoms with van der Waals surface area (Å²) in [6.07, 6.45) is -4.76. The maximum Gasteiger partial charge on any atom is 0.573 e. The van der Waals surface area contributed by atoms with E-state index in [4.69, 9.17) is 4.74 Å². The van der Waals surface area contributed by atoms with Gasteiger partial charge in [0, 0.05) is 6.54 Å². The number of nitrogens with zero attached hydrogens (tertiary/aromatic N) is 2.